The summed E-state index contributed by atoms with van der Waals surface area (Å²) in [5, 5.41) is 0. The van der Waals surface area contributed by atoms with Gasteiger partial charge in [0.2, 0.25) is 0 Å². The van der Waals surface area contributed by atoms with Crippen molar-refractivity contribution >= 4 is 8.58 Å². The molecule has 0 aliphatic carbocycles. The molecule has 51 valence electrons. The first-order valence-corrected chi connectivity index (χ1v) is 4.45. The van der Waals surface area contributed by atoms with Crippen LogP contribution >= 0.6 is 8.58 Å². The summed E-state index contributed by atoms with van der Waals surface area (Å²) >= 11 is 0. The molecule has 1 heteroatoms. The van der Waals surface area contributed by atoms with Crippen LogP contribution in [0.5, 0.6) is 0 Å². The summed E-state index contributed by atoms with van der Waals surface area (Å²) in [5.41, 5.74) is 0. The average molecular weight is 141 g/mol. The van der Waals surface area contributed by atoms with Crippen LogP contribution < -0.4 is 0 Å². The van der Waals surface area contributed by atoms with Gasteiger partial charge in [-0.05, 0) is 21.4 Å². The molecule has 9 heavy (non-hydrogen) atoms. The second-order valence-corrected chi connectivity index (χ2v) is 2.63. The highest BCUT2D eigenvalue weighted by atomic mass is 31.1. The molecule has 0 rings (SSSR count). The van der Waals surface area contributed by atoms with Crippen molar-refractivity contribution in [3.63, 3.8) is 0 Å². The van der Waals surface area contributed by atoms with Crippen molar-refractivity contribution in [2.24, 2.45) is 0 Å². The van der Waals surface area contributed by atoms with E-state index in [9.17, 15) is 0 Å². The molecule has 0 heterocycles. The van der Waals surface area contributed by atoms with Gasteiger partial charge in [-0.15, -0.1) is 0 Å². The summed E-state index contributed by atoms with van der Waals surface area (Å²) in [6, 6.07) is 0. The third-order valence-electron chi connectivity index (χ3n) is 0.854. The Kier molecular flexibility index (Phi) is 7.83. The Morgan fingerprint density at radius 3 is 1.78 bits per heavy atom. The van der Waals surface area contributed by atoms with Crippen LogP contribution in [0.3, 0.4) is 0 Å². The summed E-state index contributed by atoms with van der Waals surface area (Å²) in [5.74, 6) is 4.35. The lowest BCUT2D eigenvalue weighted by molar-refractivity contribution is 1.23. The summed E-state index contributed by atoms with van der Waals surface area (Å²) in [6.07, 6.45) is 6.66. The second kappa shape index (κ2) is 7.91. The van der Waals surface area contributed by atoms with Crippen molar-refractivity contribution in [3.8, 4) is 0 Å². The molecule has 0 aliphatic heterocycles. The van der Waals surface area contributed by atoms with Crippen molar-refractivity contribution in [2.45, 2.75) is 26.7 Å². The van der Waals surface area contributed by atoms with Gasteiger partial charge in [-0.3, -0.25) is 0 Å². The highest BCUT2D eigenvalue weighted by Gasteiger charge is 1.68. The van der Waals surface area contributed by atoms with Gasteiger partial charge < -0.3 is 0 Å². The molecule has 0 N–H and O–H groups in total. The van der Waals surface area contributed by atoms with Gasteiger partial charge in [-0.25, -0.2) is 0 Å². The van der Waals surface area contributed by atoms with E-state index in [2.05, 4.69) is 37.6 Å². The lowest BCUT2D eigenvalue weighted by Gasteiger charge is -1.78. The van der Waals surface area contributed by atoms with E-state index >= 15 is 0 Å². The minimum atomic E-state index is 1.15. The van der Waals surface area contributed by atoms with Gasteiger partial charge in [0, 0.05) is 0 Å². The molecule has 0 aromatic carbocycles. The van der Waals surface area contributed by atoms with Crippen LogP contribution in [0.4, 0.5) is 0 Å². The molecule has 0 bridgehead atoms. The Hall–Kier alpha value is -0.0900. The first-order chi connectivity index (χ1) is 4.41. The summed E-state index contributed by atoms with van der Waals surface area (Å²) in [7, 11) is 1.31. The maximum atomic E-state index is 2.18. The van der Waals surface area contributed by atoms with Crippen LogP contribution in [0.25, 0.3) is 0 Å². The summed E-state index contributed by atoms with van der Waals surface area (Å²) in [4.78, 5) is 0. The molecule has 0 aromatic heterocycles. The number of allylic oxidation sites excluding steroid dienone is 2. The monoisotopic (exact) mass is 141 g/mol. The van der Waals surface area contributed by atoms with E-state index < -0.39 is 0 Å². The van der Waals surface area contributed by atoms with Crippen LogP contribution in [0.1, 0.15) is 26.7 Å². The van der Waals surface area contributed by atoms with E-state index in [1.165, 1.54) is 8.58 Å². The highest BCUT2D eigenvalue weighted by Crippen LogP contribution is 2.13. The van der Waals surface area contributed by atoms with E-state index in [4.69, 9.17) is 0 Å². The quantitative estimate of drug-likeness (QED) is 0.522. The minimum absolute atomic E-state index is 1.15. The average Bonchev–Trinajstić information content (AvgIpc) is 1.89. The first-order valence-electron chi connectivity index (χ1n) is 3.41. The van der Waals surface area contributed by atoms with Crippen molar-refractivity contribution < 1.29 is 0 Å². The van der Waals surface area contributed by atoms with E-state index in [1.54, 1.807) is 0 Å². The lowest BCUT2D eigenvalue weighted by atomic mass is 10.5. The predicted molar refractivity (Wildman–Crippen MR) is 45.8 cm³/mol. The van der Waals surface area contributed by atoms with Crippen molar-refractivity contribution in [2.75, 3.05) is 0 Å². The third-order valence-corrected chi connectivity index (χ3v) is 1.62. The Morgan fingerprint density at radius 1 is 1.00 bits per heavy atom. The van der Waals surface area contributed by atoms with Gasteiger partial charge in [0.05, 0.1) is 0 Å². The van der Waals surface area contributed by atoms with Gasteiger partial charge in [-0.1, -0.05) is 37.6 Å². The smallest absolute Gasteiger partial charge is 0.0267 e. The van der Waals surface area contributed by atoms with Crippen molar-refractivity contribution in [1.29, 1.82) is 0 Å². The van der Waals surface area contributed by atoms with E-state index in [-0.39, 0.29) is 0 Å². The molecule has 0 unspecified atom stereocenters. The van der Waals surface area contributed by atoms with Crippen molar-refractivity contribution in [3.05, 3.63) is 23.8 Å². The maximum absolute atomic E-state index is 2.18. The normalized spacial score (nSPS) is 11.8. The molecular weight excluding hydrogens is 127 g/mol. The Balaban J connectivity index is 3.08. The zero-order valence-electron chi connectivity index (χ0n) is 6.17. The SMILES string of the molecule is CC/C=C/[P]/C=C/CC. The van der Waals surface area contributed by atoms with Gasteiger partial charge in [-0.2, -0.15) is 0 Å². The molecule has 0 amide bonds. The van der Waals surface area contributed by atoms with Crippen LogP contribution in [0.2, 0.25) is 0 Å². The Labute approximate surface area is 59.8 Å². The highest BCUT2D eigenvalue weighted by molar-refractivity contribution is 7.45. The fourth-order valence-corrected chi connectivity index (χ4v) is 1.15. The zero-order chi connectivity index (χ0) is 6.95. The molecule has 0 atom stereocenters. The molecule has 0 spiro atoms. The standard InChI is InChI=1S/C8H14P/c1-3-5-7-9-8-6-4-2/h5-8H,3-4H2,1-2H3/b7-5+,8-6+. The maximum Gasteiger partial charge on any atom is -0.0267 e. The third kappa shape index (κ3) is 7.91. The fraction of sp³-hybridized carbons (Fsp3) is 0.500. The topological polar surface area (TPSA) is 0 Å². The molecule has 1 radical (unpaired) electrons. The van der Waals surface area contributed by atoms with Gasteiger partial charge in [0.15, 0.2) is 0 Å². The van der Waals surface area contributed by atoms with Gasteiger partial charge in [0.1, 0.15) is 0 Å². The molecule has 0 saturated heterocycles. The van der Waals surface area contributed by atoms with Gasteiger partial charge >= 0.3 is 0 Å². The summed E-state index contributed by atoms with van der Waals surface area (Å²) < 4.78 is 0. The van der Waals surface area contributed by atoms with Gasteiger partial charge in [0.25, 0.3) is 0 Å². The van der Waals surface area contributed by atoms with E-state index in [1.807, 2.05) is 0 Å². The molecular formula is C8H14P. The Morgan fingerprint density at radius 2 is 1.44 bits per heavy atom. The predicted octanol–water partition coefficient (Wildman–Crippen LogP) is 3.78. The number of hydrogen-bond donors (Lipinski definition) is 0. The first kappa shape index (κ1) is 8.91. The van der Waals surface area contributed by atoms with Crippen LogP contribution in [-0.4, -0.2) is 0 Å². The second-order valence-electron chi connectivity index (χ2n) is 1.74. The van der Waals surface area contributed by atoms with Crippen molar-refractivity contribution in [1.82, 2.24) is 0 Å². The lowest BCUT2D eigenvalue weighted by Crippen LogP contribution is -1.48. The number of rotatable bonds is 4. The van der Waals surface area contributed by atoms with E-state index in [0.717, 1.165) is 12.8 Å². The molecule has 0 fully saturated rings. The molecule has 0 aromatic rings. The summed E-state index contributed by atoms with van der Waals surface area (Å²) in [6.45, 7) is 4.30. The Bertz CT molecular complexity index is 80.7. The zero-order valence-corrected chi connectivity index (χ0v) is 7.07. The fourth-order valence-electron chi connectivity index (χ4n) is 0.382. The number of hydrogen-bond acceptors (Lipinski definition) is 0. The minimum Gasteiger partial charge on any atom is -0.0837 e. The van der Waals surface area contributed by atoms with Crippen LogP contribution in [0, 0.1) is 0 Å². The van der Waals surface area contributed by atoms with Crippen LogP contribution in [-0.2, 0) is 0 Å². The van der Waals surface area contributed by atoms with Crippen LogP contribution in [0.15, 0.2) is 23.8 Å². The largest absolute Gasteiger partial charge is 0.0837 e. The molecule has 0 nitrogen and oxygen atoms in total. The molecule has 0 saturated carbocycles. The van der Waals surface area contributed by atoms with E-state index in [0.29, 0.717) is 0 Å². The molecule has 0 aliphatic rings.